The van der Waals surface area contributed by atoms with Crippen molar-refractivity contribution < 1.29 is 9.90 Å². The third-order valence-electron chi connectivity index (χ3n) is 4.31. The molecule has 0 saturated carbocycles. The second kappa shape index (κ2) is 8.66. The molecule has 0 aromatic heterocycles. The zero-order valence-corrected chi connectivity index (χ0v) is 14.5. The first kappa shape index (κ1) is 18.2. The number of nitrogens with two attached hydrogens (primary N) is 1. The normalized spacial score (nSPS) is 12.6. The van der Waals surface area contributed by atoms with Crippen LogP contribution in [0.1, 0.15) is 24.8 Å². The number of phenolic OH excluding ortho intramolecular Hbond substituents is 1. The number of phenols is 1. The molecular formula is C19H27N3O2. The summed E-state index contributed by atoms with van der Waals surface area (Å²) in [5.41, 5.74) is 6.16. The van der Waals surface area contributed by atoms with Crippen LogP contribution in [0.15, 0.2) is 36.4 Å². The number of aromatic hydroxyl groups is 1. The van der Waals surface area contributed by atoms with Gasteiger partial charge in [0, 0.05) is 19.6 Å². The molecule has 1 unspecified atom stereocenters. The molecule has 5 heteroatoms. The lowest BCUT2D eigenvalue weighted by atomic mass is 9.93. The average Bonchev–Trinajstić information content (AvgIpc) is 2.54. The highest BCUT2D eigenvalue weighted by atomic mass is 16.3. The van der Waals surface area contributed by atoms with Gasteiger partial charge in [0.25, 0.3) is 0 Å². The summed E-state index contributed by atoms with van der Waals surface area (Å²) in [5.74, 6) is 0.286. The first-order valence-corrected chi connectivity index (χ1v) is 8.40. The minimum Gasteiger partial charge on any atom is -0.508 e. The third-order valence-corrected chi connectivity index (χ3v) is 4.31. The van der Waals surface area contributed by atoms with E-state index in [1.54, 1.807) is 0 Å². The Hall–Kier alpha value is -2.11. The predicted octanol–water partition coefficient (Wildman–Crippen LogP) is 2.05. The maximum Gasteiger partial charge on any atom is 0.231 e. The van der Waals surface area contributed by atoms with E-state index in [2.05, 4.69) is 24.4 Å². The third kappa shape index (κ3) is 4.94. The number of hydrogen-bond acceptors (Lipinski definition) is 4. The number of nitrogens with zero attached hydrogens (tertiary/aromatic N) is 1. The maximum atomic E-state index is 10.9. The van der Waals surface area contributed by atoms with Crippen molar-refractivity contribution in [3.05, 3.63) is 42.0 Å². The van der Waals surface area contributed by atoms with Gasteiger partial charge in [0.1, 0.15) is 5.75 Å². The van der Waals surface area contributed by atoms with Crippen molar-refractivity contribution in [2.24, 2.45) is 5.73 Å². The van der Waals surface area contributed by atoms with Crippen LogP contribution in [0.25, 0.3) is 10.8 Å². The first-order valence-electron chi connectivity index (χ1n) is 8.40. The van der Waals surface area contributed by atoms with Gasteiger partial charge in [0.05, 0.1) is 6.54 Å². The van der Waals surface area contributed by atoms with Crippen LogP contribution in [0.5, 0.6) is 5.75 Å². The van der Waals surface area contributed by atoms with E-state index in [4.69, 9.17) is 5.73 Å². The number of hydrogen-bond donors (Lipinski definition) is 3. The smallest absolute Gasteiger partial charge is 0.231 e. The van der Waals surface area contributed by atoms with E-state index >= 15 is 0 Å². The van der Waals surface area contributed by atoms with Gasteiger partial charge in [0.15, 0.2) is 0 Å². The summed E-state index contributed by atoms with van der Waals surface area (Å²) in [6, 6.07) is 12.0. The molecule has 2 aromatic rings. The zero-order chi connectivity index (χ0) is 17.5. The number of benzene rings is 2. The predicted molar refractivity (Wildman–Crippen MR) is 98.2 cm³/mol. The lowest BCUT2D eigenvalue weighted by Gasteiger charge is -2.20. The molecule has 0 heterocycles. The molecule has 1 amide bonds. The Balaban J connectivity index is 1.96. The van der Waals surface area contributed by atoms with Gasteiger partial charge in [-0.15, -0.1) is 0 Å². The molecule has 0 aliphatic carbocycles. The number of nitrogens with one attached hydrogen (secondary N) is 1. The highest BCUT2D eigenvalue weighted by Gasteiger charge is 2.14. The molecule has 0 spiro atoms. The highest BCUT2D eigenvalue weighted by molar-refractivity contribution is 5.85. The van der Waals surface area contributed by atoms with Crippen LogP contribution >= 0.6 is 0 Å². The summed E-state index contributed by atoms with van der Waals surface area (Å²) in [5, 5.41) is 16.0. The number of rotatable bonds is 9. The Morgan fingerprint density at radius 1 is 1.29 bits per heavy atom. The van der Waals surface area contributed by atoms with E-state index in [1.165, 1.54) is 0 Å². The lowest BCUT2D eigenvalue weighted by Crippen LogP contribution is -2.36. The van der Waals surface area contributed by atoms with Gasteiger partial charge < -0.3 is 16.2 Å². The quantitative estimate of drug-likeness (QED) is 0.615. The summed E-state index contributed by atoms with van der Waals surface area (Å²) in [4.78, 5) is 12.8. The minimum absolute atomic E-state index is 0.246. The van der Waals surface area contributed by atoms with Crippen LogP contribution in [0.2, 0.25) is 0 Å². The van der Waals surface area contributed by atoms with Crippen molar-refractivity contribution in [2.45, 2.75) is 19.3 Å². The lowest BCUT2D eigenvalue weighted by molar-refractivity contribution is -0.118. The molecule has 5 nitrogen and oxygen atoms in total. The molecule has 0 fully saturated rings. The first-order chi connectivity index (χ1) is 11.5. The fourth-order valence-corrected chi connectivity index (χ4v) is 2.94. The largest absolute Gasteiger partial charge is 0.508 e. The fraction of sp³-hybridized carbons (Fsp3) is 0.421. The Morgan fingerprint density at radius 3 is 2.58 bits per heavy atom. The molecule has 4 N–H and O–H groups in total. The molecule has 2 aromatic carbocycles. The average molecular weight is 329 g/mol. The summed E-state index contributed by atoms with van der Waals surface area (Å²) in [6.07, 6.45) is 0.941. The van der Waals surface area contributed by atoms with Crippen LogP contribution in [-0.2, 0) is 4.79 Å². The number of likely N-dealkylation sites (N-methyl/N-ethyl adjacent to an activating group) is 1. The second-order valence-corrected chi connectivity index (χ2v) is 6.27. The molecule has 130 valence electrons. The van der Waals surface area contributed by atoms with E-state index in [0.29, 0.717) is 5.75 Å². The standard InChI is InChI=1S/C19H27N3O2/c1-3-14(12-21-8-9-22(2)13-19(20)24)17-10-15-6-4-5-7-16(15)11-18(17)23/h4-7,10-11,14,21,23H,3,8-9,12-13H2,1-2H3,(H2,20,24). The molecule has 0 bridgehead atoms. The Morgan fingerprint density at radius 2 is 1.96 bits per heavy atom. The fourth-order valence-electron chi connectivity index (χ4n) is 2.94. The zero-order valence-electron chi connectivity index (χ0n) is 14.5. The van der Waals surface area contributed by atoms with Gasteiger partial charge in [-0.25, -0.2) is 0 Å². The molecule has 0 aliphatic heterocycles. The van der Waals surface area contributed by atoms with Gasteiger partial charge >= 0.3 is 0 Å². The maximum absolute atomic E-state index is 10.9. The van der Waals surface area contributed by atoms with Crippen molar-refractivity contribution in [3.8, 4) is 5.75 Å². The molecule has 0 saturated heterocycles. The van der Waals surface area contributed by atoms with E-state index < -0.39 is 0 Å². The van der Waals surface area contributed by atoms with Crippen molar-refractivity contribution in [2.75, 3.05) is 33.2 Å². The van der Waals surface area contributed by atoms with Crippen molar-refractivity contribution in [1.82, 2.24) is 10.2 Å². The van der Waals surface area contributed by atoms with E-state index in [9.17, 15) is 9.90 Å². The number of carbonyl (C=O) groups excluding carboxylic acids is 1. The molecular weight excluding hydrogens is 302 g/mol. The number of amides is 1. The van der Waals surface area contributed by atoms with Gasteiger partial charge in [-0.1, -0.05) is 31.2 Å². The molecule has 2 rings (SSSR count). The number of fused-ring (bicyclic) bond motifs is 1. The summed E-state index contributed by atoms with van der Waals surface area (Å²) >= 11 is 0. The van der Waals surface area contributed by atoms with Gasteiger partial charge in [-0.2, -0.15) is 0 Å². The van der Waals surface area contributed by atoms with Gasteiger partial charge in [-0.05, 0) is 47.9 Å². The molecule has 1 atom stereocenters. The summed E-state index contributed by atoms with van der Waals surface area (Å²) in [7, 11) is 1.87. The van der Waals surface area contributed by atoms with E-state index in [1.807, 2.05) is 36.2 Å². The molecule has 0 radical (unpaired) electrons. The summed E-state index contributed by atoms with van der Waals surface area (Å²) < 4.78 is 0. The Bertz CT molecular complexity index is 687. The van der Waals surface area contributed by atoms with Crippen molar-refractivity contribution in [1.29, 1.82) is 0 Å². The highest BCUT2D eigenvalue weighted by Crippen LogP contribution is 2.32. The van der Waals surface area contributed by atoms with Gasteiger partial charge in [0.2, 0.25) is 5.91 Å². The molecule has 0 aliphatic rings. The number of carbonyl (C=O) groups is 1. The Kier molecular flexibility index (Phi) is 6.58. The van der Waals surface area contributed by atoms with Crippen molar-refractivity contribution >= 4 is 16.7 Å². The monoisotopic (exact) mass is 329 g/mol. The van der Waals surface area contributed by atoms with Crippen LogP contribution in [0.3, 0.4) is 0 Å². The van der Waals surface area contributed by atoms with Crippen LogP contribution in [-0.4, -0.2) is 49.1 Å². The van der Waals surface area contributed by atoms with Crippen molar-refractivity contribution in [3.63, 3.8) is 0 Å². The Labute approximate surface area is 143 Å². The van der Waals surface area contributed by atoms with E-state index in [0.717, 1.165) is 42.4 Å². The summed E-state index contributed by atoms with van der Waals surface area (Å²) in [6.45, 7) is 4.70. The topological polar surface area (TPSA) is 78.6 Å². The van der Waals surface area contributed by atoms with Crippen LogP contribution in [0.4, 0.5) is 0 Å². The second-order valence-electron chi connectivity index (χ2n) is 6.27. The van der Waals surface area contributed by atoms with Crippen LogP contribution in [0, 0.1) is 0 Å². The van der Waals surface area contributed by atoms with E-state index in [-0.39, 0.29) is 18.4 Å². The SMILES string of the molecule is CCC(CNCCN(C)CC(N)=O)c1cc2ccccc2cc1O. The minimum atomic E-state index is -0.315. The van der Waals surface area contributed by atoms with Gasteiger partial charge in [-0.3, -0.25) is 9.69 Å². The number of primary amides is 1. The molecule has 24 heavy (non-hydrogen) atoms. The van der Waals surface area contributed by atoms with Crippen LogP contribution < -0.4 is 11.1 Å².